The molecule has 2 heterocycles. The summed E-state index contributed by atoms with van der Waals surface area (Å²) in [5, 5.41) is 7.68. The Labute approximate surface area is 173 Å². The zero-order chi connectivity index (χ0) is 20.9. The summed E-state index contributed by atoms with van der Waals surface area (Å²) < 4.78 is 1.49. The molecule has 0 aliphatic heterocycles. The van der Waals surface area contributed by atoms with Gasteiger partial charge in [0.05, 0.1) is 11.1 Å². The molecule has 2 N–H and O–H groups in total. The van der Waals surface area contributed by atoms with Crippen molar-refractivity contribution in [3.63, 3.8) is 0 Å². The first-order valence-corrected chi connectivity index (χ1v) is 10.0. The molecule has 2 aromatic carbocycles. The SMILES string of the molecule is Cc1ccc(-c2nn3cc(C(=O)NC4(c5ccccc5)CC4)cc3c(=O)[nH]2)cc1C. The molecule has 2 aromatic heterocycles. The number of fused-ring (bicyclic) bond motifs is 1. The number of hydrogen-bond acceptors (Lipinski definition) is 3. The van der Waals surface area contributed by atoms with Crippen LogP contribution in [0.3, 0.4) is 0 Å². The number of aryl methyl sites for hydroxylation is 2. The fourth-order valence-corrected chi connectivity index (χ4v) is 3.81. The molecule has 0 atom stereocenters. The van der Waals surface area contributed by atoms with E-state index in [0.29, 0.717) is 16.9 Å². The second-order valence-corrected chi connectivity index (χ2v) is 8.06. The Morgan fingerprint density at radius 3 is 2.53 bits per heavy atom. The van der Waals surface area contributed by atoms with Crippen LogP contribution in [0.4, 0.5) is 0 Å². The first kappa shape index (κ1) is 18.4. The van der Waals surface area contributed by atoms with E-state index in [9.17, 15) is 9.59 Å². The molecule has 30 heavy (non-hydrogen) atoms. The van der Waals surface area contributed by atoms with Gasteiger partial charge in [-0.3, -0.25) is 9.59 Å². The second-order valence-electron chi connectivity index (χ2n) is 8.06. The lowest BCUT2D eigenvalue weighted by molar-refractivity contribution is 0.0931. The molecule has 1 saturated carbocycles. The molecule has 1 fully saturated rings. The molecule has 6 heteroatoms. The first-order valence-electron chi connectivity index (χ1n) is 10.0. The van der Waals surface area contributed by atoms with Crippen molar-refractivity contribution >= 4 is 11.4 Å². The van der Waals surface area contributed by atoms with Gasteiger partial charge in [0, 0.05) is 11.8 Å². The van der Waals surface area contributed by atoms with Crippen LogP contribution in [0.15, 0.2) is 65.6 Å². The minimum absolute atomic E-state index is 0.200. The van der Waals surface area contributed by atoms with Crippen molar-refractivity contribution in [3.05, 3.63) is 93.4 Å². The monoisotopic (exact) mass is 398 g/mol. The third kappa shape index (κ3) is 3.10. The van der Waals surface area contributed by atoms with Crippen molar-refractivity contribution in [2.24, 2.45) is 0 Å². The van der Waals surface area contributed by atoms with Gasteiger partial charge in [-0.15, -0.1) is 5.10 Å². The predicted octanol–water partition coefficient (Wildman–Crippen LogP) is 3.73. The quantitative estimate of drug-likeness (QED) is 0.550. The van der Waals surface area contributed by atoms with Gasteiger partial charge in [-0.2, -0.15) is 0 Å². The van der Waals surface area contributed by atoms with E-state index < -0.39 is 0 Å². The number of aromatic nitrogens is 3. The average Bonchev–Trinajstić information content (AvgIpc) is 3.39. The van der Waals surface area contributed by atoms with Gasteiger partial charge in [-0.25, -0.2) is 4.52 Å². The number of H-pyrrole nitrogens is 1. The summed E-state index contributed by atoms with van der Waals surface area (Å²) in [5.41, 5.74) is 4.42. The van der Waals surface area contributed by atoms with Gasteiger partial charge < -0.3 is 10.3 Å². The van der Waals surface area contributed by atoms with Gasteiger partial charge in [0.2, 0.25) is 0 Å². The van der Waals surface area contributed by atoms with Crippen LogP contribution in [-0.4, -0.2) is 20.5 Å². The molecule has 0 unspecified atom stereocenters. The van der Waals surface area contributed by atoms with Crippen LogP contribution in [0.25, 0.3) is 16.9 Å². The predicted molar refractivity (Wildman–Crippen MR) is 116 cm³/mol. The molecule has 4 aromatic rings. The zero-order valence-electron chi connectivity index (χ0n) is 16.9. The maximum Gasteiger partial charge on any atom is 0.275 e. The van der Waals surface area contributed by atoms with E-state index in [4.69, 9.17) is 0 Å². The molecule has 150 valence electrons. The Bertz CT molecular complexity index is 1330. The molecule has 1 aliphatic rings. The number of carbonyl (C=O) groups excluding carboxylic acids is 1. The Kier molecular flexibility index (Phi) is 4.10. The smallest absolute Gasteiger partial charge is 0.275 e. The van der Waals surface area contributed by atoms with E-state index in [1.807, 2.05) is 62.4 Å². The van der Waals surface area contributed by atoms with Crippen molar-refractivity contribution in [1.82, 2.24) is 19.9 Å². The average molecular weight is 398 g/mol. The summed E-state index contributed by atoms with van der Waals surface area (Å²) in [7, 11) is 0. The lowest BCUT2D eigenvalue weighted by Gasteiger charge is -2.17. The van der Waals surface area contributed by atoms with Crippen molar-refractivity contribution in [3.8, 4) is 11.4 Å². The van der Waals surface area contributed by atoms with Crippen molar-refractivity contribution in [2.75, 3.05) is 0 Å². The zero-order valence-corrected chi connectivity index (χ0v) is 16.9. The lowest BCUT2D eigenvalue weighted by Crippen LogP contribution is -2.34. The highest BCUT2D eigenvalue weighted by Gasteiger charge is 2.45. The number of benzene rings is 2. The Morgan fingerprint density at radius 1 is 1.07 bits per heavy atom. The molecule has 0 saturated heterocycles. The fraction of sp³-hybridized carbons (Fsp3) is 0.208. The Hall–Kier alpha value is -3.67. The lowest BCUT2D eigenvalue weighted by atomic mass is 10.0. The summed E-state index contributed by atoms with van der Waals surface area (Å²) in [5.74, 6) is 0.273. The molecule has 1 amide bonds. The van der Waals surface area contributed by atoms with E-state index in [2.05, 4.69) is 15.4 Å². The van der Waals surface area contributed by atoms with Gasteiger partial charge in [0.1, 0.15) is 5.52 Å². The molecule has 1 aliphatic carbocycles. The maximum absolute atomic E-state index is 12.9. The highest BCUT2D eigenvalue weighted by atomic mass is 16.2. The van der Waals surface area contributed by atoms with E-state index >= 15 is 0 Å². The molecule has 0 spiro atoms. The molecule has 5 rings (SSSR count). The Balaban J connectivity index is 1.48. The van der Waals surface area contributed by atoms with Crippen LogP contribution >= 0.6 is 0 Å². The molecule has 6 nitrogen and oxygen atoms in total. The summed E-state index contributed by atoms with van der Waals surface area (Å²) >= 11 is 0. The number of amides is 1. The fourth-order valence-electron chi connectivity index (χ4n) is 3.81. The number of aromatic amines is 1. The third-order valence-corrected chi connectivity index (χ3v) is 5.94. The molecule has 0 bridgehead atoms. The maximum atomic E-state index is 12.9. The van der Waals surface area contributed by atoms with Crippen LogP contribution in [0.2, 0.25) is 0 Å². The van der Waals surface area contributed by atoms with Crippen LogP contribution in [0.5, 0.6) is 0 Å². The first-order chi connectivity index (χ1) is 14.4. The summed E-state index contributed by atoms with van der Waals surface area (Å²) in [6.45, 7) is 4.06. The van der Waals surface area contributed by atoms with Crippen LogP contribution in [-0.2, 0) is 5.54 Å². The van der Waals surface area contributed by atoms with Crippen molar-refractivity contribution < 1.29 is 4.79 Å². The minimum Gasteiger partial charge on any atom is -0.342 e. The van der Waals surface area contributed by atoms with Crippen molar-refractivity contribution in [1.29, 1.82) is 0 Å². The standard InChI is InChI=1S/C24H22N4O2/c1-15-8-9-17(12-16(15)2)21-25-23(30)20-13-18(14-28(20)27-21)22(29)26-24(10-11-24)19-6-4-3-5-7-19/h3-9,12-14H,10-11H2,1-2H3,(H,26,29)(H,25,27,30). The van der Waals surface area contributed by atoms with Crippen LogP contribution in [0.1, 0.15) is 39.9 Å². The topological polar surface area (TPSA) is 79.3 Å². The third-order valence-electron chi connectivity index (χ3n) is 5.94. The minimum atomic E-state index is -0.309. The van der Waals surface area contributed by atoms with Gasteiger partial charge in [0.25, 0.3) is 11.5 Å². The van der Waals surface area contributed by atoms with Crippen LogP contribution in [0, 0.1) is 13.8 Å². The van der Waals surface area contributed by atoms with Gasteiger partial charge in [-0.05, 0) is 55.5 Å². The second kappa shape index (κ2) is 6.69. The van der Waals surface area contributed by atoms with E-state index in [1.165, 1.54) is 10.1 Å². The van der Waals surface area contributed by atoms with Gasteiger partial charge in [0.15, 0.2) is 5.82 Å². The molecular weight excluding hydrogens is 376 g/mol. The number of carbonyl (C=O) groups is 1. The van der Waals surface area contributed by atoms with Gasteiger partial charge >= 0.3 is 0 Å². The van der Waals surface area contributed by atoms with Crippen molar-refractivity contribution in [2.45, 2.75) is 32.2 Å². The molecular formula is C24H22N4O2. The normalized spacial score (nSPS) is 14.6. The summed E-state index contributed by atoms with van der Waals surface area (Å²) in [6, 6.07) is 17.5. The number of nitrogens with one attached hydrogen (secondary N) is 2. The highest BCUT2D eigenvalue weighted by molar-refractivity contribution is 5.96. The largest absolute Gasteiger partial charge is 0.342 e. The number of hydrogen-bond donors (Lipinski definition) is 2. The summed E-state index contributed by atoms with van der Waals surface area (Å²) in [6.07, 6.45) is 3.43. The number of nitrogens with zero attached hydrogens (tertiary/aromatic N) is 2. The molecule has 0 radical (unpaired) electrons. The Morgan fingerprint density at radius 2 is 1.83 bits per heavy atom. The highest BCUT2D eigenvalue weighted by Crippen LogP contribution is 2.45. The summed E-state index contributed by atoms with van der Waals surface area (Å²) in [4.78, 5) is 28.4. The van der Waals surface area contributed by atoms with E-state index in [1.54, 1.807) is 12.3 Å². The number of rotatable bonds is 4. The van der Waals surface area contributed by atoms with Gasteiger partial charge in [-0.1, -0.05) is 42.5 Å². The van der Waals surface area contributed by atoms with Crippen LogP contribution < -0.4 is 10.9 Å². The van der Waals surface area contributed by atoms with E-state index in [0.717, 1.165) is 29.5 Å². The van der Waals surface area contributed by atoms with E-state index in [-0.39, 0.29) is 17.0 Å².